The van der Waals surface area contributed by atoms with Crippen molar-refractivity contribution in [2.24, 2.45) is 0 Å². The average Bonchev–Trinajstić information content (AvgIpc) is 3.06. The zero-order chi connectivity index (χ0) is 35.0. The molecule has 0 fully saturated rings. The van der Waals surface area contributed by atoms with E-state index in [1.54, 1.807) is 0 Å². The van der Waals surface area contributed by atoms with Gasteiger partial charge in [-0.1, -0.05) is 142 Å². The molecule has 0 saturated heterocycles. The summed E-state index contributed by atoms with van der Waals surface area (Å²) in [5.74, 6) is 7.91. The lowest BCUT2D eigenvalue weighted by molar-refractivity contribution is 0.867. The molecular weight excluding hydrogens is 609 g/mol. The Kier molecular flexibility index (Phi) is 10.3. The molecule has 0 radical (unpaired) electrons. The van der Waals surface area contributed by atoms with Crippen LogP contribution in [0.3, 0.4) is 0 Å². The number of allylic oxidation sites excluding steroid dienone is 2. The molecule has 0 aromatic heterocycles. The maximum absolute atomic E-state index is 4.26. The van der Waals surface area contributed by atoms with Gasteiger partial charge in [0.05, 0.1) is 0 Å². The fourth-order valence-corrected chi connectivity index (χ4v) is 18.8. The van der Waals surface area contributed by atoms with Crippen LogP contribution in [-0.2, 0) is 0 Å². The van der Waals surface area contributed by atoms with Crippen LogP contribution in [0.15, 0.2) is 98.1 Å². The second kappa shape index (κ2) is 14.0. The Morgan fingerprint density at radius 3 is 0.917 bits per heavy atom. The summed E-state index contributed by atoms with van der Waals surface area (Å²) in [6.07, 6.45) is 4.31. The van der Waals surface area contributed by atoms with Crippen LogP contribution in [0.2, 0.25) is 33.2 Å². The first-order chi connectivity index (χ1) is 22.8. The minimum Gasteiger partial charge on any atom is -0.125 e. The number of hydrogen-bond acceptors (Lipinski definition) is 0. The number of fused-ring (bicyclic) bond motifs is 4. The highest BCUT2D eigenvalue weighted by Crippen LogP contribution is 2.44. The van der Waals surface area contributed by atoms with Crippen LogP contribution in [0.4, 0.5) is 0 Å². The van der Waals surface area contributed by atoms with E-state index in [9.17, 15) is 0 Å². The molecule has 5 aromatic carbocycles. The molecule has 0 bridgehead atoms. The highest BCUT2D eigenvalue weighted by molar-refractivity contribution is 6.91. The lowest BCUT2D eigenvalue weighted by Gasteiger charge is -2.38. The van der Waals surface area contributed by atoms with Crippen LogP contribution in [0.5, 0.6) is 0 Å². The Labute approximate surface area is 292 Å². The summed E-state index contributed by atoms with van der Waals surface area (Å²) in [6, 6.07) is 27.0. The molecule has 48 heavy (non-hydrogen) atoms. The summed E-state index contributed by atoms with van der Waals surface area (Å²) in [7, 11) is -4.25. The molecule has 0 aliphatic heterocycles. The van der Waals surface area contributed by atoms with Gasteiger partial charge in [0.1, 0.15) is 16.1 Å². The topological polar surface area (TPSA) is 0 Å². The molecular formula is C46H54Si2. The molecule has 2 heteroatoms. The van der Waals surface area contributed by atoms with Crippen molar-refractivity contribution in [3.63, 3.8) is 0 Å². The molecule has 0 heterocycles. The molecule has 0 spiro atoms. The number of benzene rings is 5. The van der Waals surface area contributed by atoms with Gasteiger partial charge < -0.3 is 0 Å². The van der Waals surface area contributed by atoms with Gasteiger partial charge in [-0.3, -0.25) is 0 Å². The molecule has 2 atom stereocenters. The van der Waals surface area contributed by atoms with Crippen LogP contribution in [0, 0.1) is 22.9 Å². The summed E-state index contributed by atoms with van der Waals surface area (Å²) < 4.78 is 0. The molecule has 5 aromatic rings. The van der Waals surface area contributed by atoms with E-state index in [1.807, 2.05) is 0 Å². The van der Waals surface area contributed by atoms with Gasteiger partial charge in [-0.15, -0.1) is 24.2 Å². The first kappa shape index (κ1) is 35.5. The maximum atomic E-state index is 4.26. The van der Waals surface area contributed by atoms with E-state index in [0.29, 0.717) is 33.2 Å². The first-order valence-corrected chi connectivity index (χ1v) is 22.4. The third kappa shape index (κ3) is 5.89. The summed E-state index contributed by atoms with van der Waals surface area (Å²) >= 11 is 0. The van der Waals surface area contributed by atoms with E-state index in [-0.39, 0.29) is 0 Å². The Balaban J connectivity index is 2.03. The van der Waals surface area contributed by atoms with E-state index in [4.69, 9.17) is 0 Å². The average molecular weight is 663 g/mol. The van der Waals surface area contributed by atoms with Crippen molar-refractivity contribution in [2.45, 2.75) is 102 Å². The zero-order valence-corrected chi connectivity index (χ0v) is 33.0. The van der Waals surface area contributed by atoms with Crippen molar-refractivity contribution in [1.82, 2.24) is 0 Å². The molecule has 0 aliphatic rings. The van der Waals surface area contributed by atoms with Crippen molar-refractivity contribution in [1.29, 1.82) is 0 Å². The van der Waals surface area contributed by atoms with Crippen LogP contribution >= 0.6 is 0 Å². The van der Waals surface area contributed by atoms with Crippen LogP contribution < -0.4 is 0 Å². The SMILES string of the molecule is C=CC(C)[Si](C#Cc1c2cc3ccccc3cc2c(C#C[Si](C(C)C)(C(C)C)C(C)C=C)c2cc3ccccc3cc12)(C(C)C)C(C)C. The van der Waals surface area contributed by atoms with Gasteiger partial charge in [-0.2, -0.15) is 0 Å². The van der Waals surface area contributed by atoms with Gasteiger partial charge in [-0.25, -0.2) is 0 Å². The molecule has 0 N–H and O–H groups in total. The van der Waals surface area contributed by atoms with E-state index in [0.717, 1.165) is 11.1 Å². The Morgan fingerprint density at radius 1 is 0.458 bits per heavy atom. The first-order valence-electron chi connectivity index (χ1n) is 18.0. The summed E-state index contributed by atoms with van der Waals surface area (Å²) in [5, 5.41) is 9.74. The van der Waals surface area contributed by atoms with E-state index < -0.39 is 16.1 Å². The van der Waals surface area contributed by atoms with Crippen LogP contribution in [-0.4, -0.2) is 16.1 Å². The lowest BCUT2D eigenvalue weighted by Crippen LogP contribution is -2.43. The zero-order valence-electron chi connectivity index (χ0n) is 31.0. The van der Waals surface area contributed by atoms with Crippen molar-refractivity contribution in [3.8, 4) is 22.9 Å². The Bertz CT molecular complexity index is 1870. The standard InChI is InChI=1S/C46H54Si2/c1-13-35(11)47(31(3)4,32(5)6)25-23-41-43-27-37-19-15-17-21-39(37)29-45(43)42(24-26-48(33(7)8,34(9)10)36(12)14-2)46-30-40-22-18-16-20-38(40)28-44(41)46/h13-22,27-36H,1-2H2,3-12H3. The smallest absolute Gasteiger partial charge is 0.125 e. The lowest BCUT2D eigenvalue weighted by atomic mass is 9.89. The molecule has 0 nitrogen and oxygen atoms in total. The fraction of sp³-hybridized carbons (Fsp3) is 0.348. The Hall–Kier alpha value is -3.83. The van der Waals surface area contributed by atoms with Crippen molar-refractivity contribution in [2.75, 3.05) is 0 Å². The fourth-order valence-electron chi connectivity index (χ4n) is 8.84. The minimum atomic E-state index is -2.13. The van der Waals surface area contributed by atoms with E-state index in [1.165, 1.54) is 43.1 Å². The Morgan fingerprint density at radius 2 is 0.708 bits per heavy atom. The molecule has 0 saturated carbocycles. The summed E-state index contributed by atoms with van der Waals surface area (Å²) in [6.45, 7) is 32.2. The molecule has 0 amide bonds. The van der Waals surface area contributed by atoms with Crippen LogP contribution in [0.25, 0.3) is 43.1 Å². The van der Waals surface area contributed by atoms with E-state index >= 15 is 0 Å². The monoisotopic (exact) mass is 662 g/mol. The van der Waals surface area contributed by atoms with E-state index in [2.05, 4.69) is 190 Å². The second-order valence-electron chi connectivity index (χ2n) is 15.3. The summed E-state index contributed by atoms with van der Waals surface area (Å²) in [5.41, 5.74) is 13.2. The minimum absolute atomic E-state index is 0.381. The summed E-state index contributed by atoms with van der Waals surface area (Å²) in [4.78, 5) is 0. The van der Waals surface area contributed by atoms with Crippen molar-refractivity contribution in [3.05, 3.63) is 109 Å². The highest BCUT2D eigenvalue weighted by atomic mass is 28.3. The van der Waals surface area contributed by atoms with Crippen molar-refractivity contribution < 1.29 is 0 Å². The third-order valence-electron chi connectivity index (χ3n) is 11.7. The van der Waals surface area contributed by atoms with Gasteiger partial charge in [0.25, 0.3) is 0 Å². The van der Waals surface area contributed by atoms with Crippen molar-refractivity contribution >= 4 is 59.2 Å². The second-order valence-corrected chi connectivity index (χ2v) is 25.9. The number of hydrogen-bond donors (Lipinski definition) is 0. The predicted octanol–water partition coefficient (Wildman–Crippen LogP) is 13.8. The maximum Gasteiger partial charge on any atom is 0.150 e. The third-order valence-corrected chi connectivity index (χ3v) is 23.9. The van der Waals surface area contributed by atoms with Gasteiger partial charge in [0.15, 0.2) is 0 Å². The quantitative estimate of drug-likeness (QED) is 0.0671. The van der Waals surface area contributed by atoms with Crippen LogP contribution in [0.1, 0.15) is 80.4 Å². The molecule has 0 aliphatic carbocycles. The predicted molar refractivity (Wildman–Crippen MR) is 221 cm³/mol. The van der Waals surface area contributed by atoms with Gasteiger partial charge >= 0.3 is 0 Å². The highest BCUT2D eigenvalue weighted by Gasteiger charge is 2.43. The molecule has 2 unspecified atom stereocenters. The van der Waals surface area contributed by atoms with Gasteiger partial charge in [-0.05, 0) is 101 Å². The number of rotatable bonds is 8. The normalized spacial score (nSPS) is 13.6. The van der Waals surface area contributed by atoms with Gasteiger partial charge in [0.2, 0.25) is 0 Å². The molecule has 5 rings (SSSR count). The largest absolute Gasteiger partial charge is 0.150 e. The van der Waals surface area contributed by atoms with Gasteiger partial charge in [0, 0.05) is 11.1 Å². The molecule has 246 valence electrons.